The van der Waals surface area contributed by atoms with E-state index in [9.17, 15) is 4.79 Å². The number of rotatable bonds is 2. The minimum Gasteiger partial charge on any atom is -0.324 e. The van der Waals surface area contributed by atoms with Gasteiger partial charge in [-0.2, -0.15) is 5.26 Å². The Labute approximate surface area is 87.3 Å². The molecule has 1 aromatic carbocycles. The third-order valence-corrected chi connectivity index (χ3v) is 2.02. The van der Waals surface area contributed by atoms with Gasteiger partial charge in [0.1, 0.15) is 11.9 Å². The quantitative estimate of drug-likeness (QED) is 0.757. The lowest BCUT2D eigenvalue weighted by molar-refractivity contribution is -0.113. The Hall–Kier alpha value is -1.53. The molecule has 0 unspecified atom stereocenters. The molecule has 0 aromatic heterocycles. The van der Waals surface area contributed by atoms with Crippen molar-refractivity contribution in [1.82, 2.24) is 0 Å². The highest BCUT2D eigenvalue weighted by Crippen LogP contribution is 2.18. The predicted molar refractivity (Wildman–Crippen MR) is 55.2 cm³/mol. The van der Waals surface area contributed by atoms with E-state index < -0.39 is 0 Å². The summed E-state index contributed by atoms with van der Waals surface area (Å²) in [5, 5.41) is 11.4. The number of carbonyl (C=O) groups is 1. The third-order valence-electron chi connectivity index (χ3n) is 1.78. The van der Waals surface area contributed by atoms with E-state index in [2.05, 4.69) is 5.32 Å². The van der Waals surface area contributed by atoms with E-state index in [1.54, 1.807) is 12.1 Å². The van der Waals surface area contributed by atoms with Gasteiger partial charge in [-0.15, -0.1) is 11.6 Å². The summed E-state index contributed by atoms with van der Waals surface area (Å²) in [5.41, 5.74) is 1.82. The number of hydrogen-bond acceptors (Lipinski definition) is 2. The van der Waals surface area contributed by atoms with E-state index in [0.717, 1.165) is 5.56 Å². The zero-order chi connectivity index (χ0) is 10.6. The number of anilines is 1. The van der Waals surface area contributed by atoms with Crippen molar-refractivity contribution in [2.75, 3.05) is 11.2 Å². The van der Waals surface area contributed by atoms with Crippen molar-refractivity contribution in [2.24, 2.45) is 0 Å². The number of amides is 1. The average molecular weight is 209 g/mol. The second kappa shape index (κ2) is 4.64. The molecule has 3 nitrogen and oxygen atoms in total. The molecular formula is C10H9ClN2O. The SMILES string of the molecule is Cc1cccc(NC(=O)CCl)c1C#N. The van der Waals surface area contributed by atoms with Gasteiger partial charge in [0.05, 0.1) is 11.3 Å². The lowest BCUT2D eigenvalue weighted by atomic mass is 10.1. The number of carbonyl (C=O) groups excluding carboxylic acids is 1. The zero-order valence-electron chi connectivity index (χ0n) is 7.67. The first-order chi connectivity index (χ1) is 6.69. The van der Waals surface area contributed by atoms with Crippen molar-refractivity contribution in [2.45, 2.75) is 6.92 Å². The van der Waals surface area contributed by atoms with Crippen molar-refractivity contribution >= 4 is 23.2 Å². The third kappa shape index (κ3) is 2.24. The van der Waals surface area contributed by atoms with Gasteiger partial charge < -0.3 is 5.32 Å². The summed E-state index contributed by atoms with van der Waals surface area (Å²) in [5.74, 6) is -0.424. The van der Waals surface area contributed by atoms with Crippen LogP contribution in [0.5, 0.6) is 0 Å². The summed E-state index contributed by atoms with van der Waals surface area (Å²) in [4.78, 5) is 11.0. The van der Waals surface area contributed by atoms with Crippen LogP contribution in [-0.2, 0) is 4.79 Å². The summed E-state index contributed by atoms with van der Waals surface area (Å²) < 4.78 is 0. The molecule has 0 bridgehead atoms. The number of nitrogens with one attached hydrogen (secondary N) is 1. The largest absolute Gasteiger partial charge is 0.324 e. The molecule has 0 saturated heterocycles. The van der Waals surface area contributed by atoms with Crippen LogP contribution < -0.4 is 5.32 Å². The number of nitrogens with zero attached hydrogens (tertiary/aromatic N) is 1. The van der Waals surface area contributed by atoms with Gasteiger partial charge >= 0.3 is 0 Å². The molecule has 0 aliphatic carbocycles. The van der Waals surface area contributed by atoms with Gasteiger partial charge in [-0.05, 0) is 18.6 Å². The van der Waals surface area contributed by atoms with Crippen molar-refractivity contribution < 1.29 is 4.79 Å². The monoisotopic (exact) mass is 208 g/mol. The van der Waals surface area contributed by atoms with E-state index in [1.165, 1.54) is 0 Å². The number of aryl methyl sites for hydroxylation is 1. The molecule has 0 fully saturated rings. The Morgan fingerprint density at radius 3 is 2.93 bits per heavy atom. The lowest BCUT2D eigenvalue weighted by Gasteiger charge is -2.06. The average Bonchev–Trinajstić information content (AvgIpc) is 2.18. The van der Waals surface area contributed by atoms with Crippen molar-refractivity contribution in [1.29, 1.82) is 5.26 Å². The van der Waals surface area contributed by atoms with Crippen molar-refractivity contribution in [3.63, 3.8) is 0 Å². The fourth-order valence-electron chi connectivity index (χ4n) is 1.10. The number of hydrogen-bond donors (Lipinski definition) is 1. The molecule has 0 radical (unpaired) electrons. The van der Waals surface area contributed by atoms with Crippen LogP contribution >= 0.6 is 11.6 Å². The molecule has 4 heteroatoms. The first-order valence-corrected chi connectivity index (χ1v) is 4.58. The number of alkyl halides is 1. The Morgan fingerprint density at radius 1 is 1.64 bits per heavy atom. The molecule has 0 spiro atoms. The molecule has 0 heterocycles. The fourth-order valence-corrected chi connectivity index (χ4v) is 1.17. The summed E-state index contributed by atoms with van der Waals surface area (Å²) in [6.07, 6.45) is 0. The molecule has 0 aliphatic heterocycles. The zero-order valence-corrected chi connectivity index (χ0v) is 8.43. The topological polar surface area (TPSA) is 52.9 Å². The lowest BCUT2D eigenvalue weighted by Crippen LogP contribution is -2.13. The normalized spacial score (nSPS) is 9.21. The maximum absolute atomic E-state index is 11.0. The van der Waals surface area contributed by atoms with Gasteiger partial charge in [-0.3, -0.25) is 4.79 Å². The van der Waals surface area contributed by atoms with Gasteiger partial charge in [-0.25, -0.2) is 0 Å². The van der Waals surface area contributed by atoms with Gasteiger partial charge in [0.25, 0.3) is 0 Å². The Bertz CT molecular complexity index is 396. The Morgan fingerprint density at radius 2 is 2.36 bits per heavy atom. The maximum atomic E-state index is 11.0. The van der Waals surface area contributed by atoms with Crippen LogP contribution in [-0.4, -0.2) is 11.8 Å². The molecule has 1 N–H and O–H groups in total. The van der Waals surface area contributed by atoms with Crippen molar-refractivity contribution in [3.8, 4) is 6.07 Å². The Kier molecular flexibility index (Phi) is 3.49. The molecule has 0 saturated carbocycles. The maximum Gasteiger partial charge on any atom is 0.239 e. The molecule has 72 valence electrons. The van der Waals surface area contributed by atoms with E-state index >= 15 is 0 Å². The first kappa shape index (κ1) is 10.6. The molecule has 1 rings (SSSR count). The smallest absolute Gasteiger partial charge is 0.239 e. The van der Waals surface area contributed by atoms with Crippen LogP contribution in [0.4, 0.5) is 5.69 Å². The fraction of sp³-hybridized carbons (Fsp3) is 0.200. The minimum atomic E-state index is -0.311. The summed E-state index contributed by atoms with van der Waals surface area (Å²) in [7, 11) is 0. The highest BCUT2D eigenvalue weighted by Gasteiger charge is 2.06. The van der Waals surface area contributed by atoms with Gasteiger partial charge in [0.15, 0.2) is 0 Å². The molecule has 14 heavy (non-hydrogen) atoms. The van der Waals surface area contributed by atoms with Crippen LogP contribution in [0.15, 0.2) is 18.2 Å². The predicted octanol–water partition coefficient (Wildman–Crippen LogP) is 2.04. The number of halogens is 1. The summed E-state index contributed by atoms with van der Waals surface area (Å²) in [6.45, 7) is 1.81. The summed E-state index contributed by atoms with van der Waals surface area (Å²) >= 11 is 5.34. The van der Waals surface area contributed by atoms with Gasteiger partial charge in [-0.1, -0.05) is 12.1 Å². The van der Waals surface area contributed by atoms with E-state index in [0.29, 0.717) is 11.3 Å². The van der Waals surface area contributed by atoms with Gasteiger partial charge in [0, 0.05) is 0 Å². The van der Waals surface area contributed by atoms with Crippen LogP contribution in [0.25, 0.3) is 0 Å². The molecular weight excluding hydrogens is 200 g/mol. The minimum absolute atomic E-state index is 0.112. The second-order valence-electron chi connectivity index (χ2n) is 2.79. The van der Waals surface area contributed by atoms with Crippen LogP contribution in [0.2, 0.25) is 0 Å². The standard InChI is InChI=1S/C10H9ClN2O/c1-7-3-2-4-9(8(7)6-12)13-10(14)5-11/h2-4H,5H2,1H3,(H,13,14). The van der Waals surface area contributed by atoms with E-state index in [1.807, 2.05) is 19.1 Å². The van der Waals surface area contributed by atoms with Crippen LogP contribution in [0.1, 0.15) is 11.1 Å². The highest BCUT2D eigenvalue weighted by molar-refractivity contribution is 6.29. The molecule has 0 aliphatic rings. The number of nitriles is 1. The molecule has 0 atom stereocenters. The molecule has 1 amide bonds. The Balaban J connectivity index is 3.04. The summed E-state index contributed by atoms with van der Waals surface area (Å²) in [6, 6.07) is 7.30. The van der Waals surface area contributed by atoms with Crippen LogP contribution in [0.3, 0.4) is 0 Å². The highest BCUT2D eigenvalue weighted by atomic mass is 35.5. The van der Waals surface area contributed by atoms with E-state index in [4.69, 9.17) is 16.9 Å². The van der Waals surface area contributed by atoms with Crippen LogP contribution in [0, 0.1) is 18.3 Å². The number of benzene rings is 1. The van der Waals surface area contributed by atoms with Crippen molar-refractivity contribution in [3.05, 3.63) is 29.3 Å². The first-order valence-electron chi connectivity index (χ1n) is 4.04. The van der Waals surface area contributed by atoms with Gasteiger partial charge in [0.2, 0.25) is 5.91 Å². The molecule has 1 aromatic rings. The van der Waals surface area contributed by atoms with E-state index in [-0.39, 0.29) is 11.8 Å². The second-order valence-corrected chi connectivity index (χ2v) is 3.06.